The second-order valence-electron chi connectivity index (χ2n) is 11.6. The average Bonchev–Trinajstić information content (AvgIpc) is 3.04. The molecule has 1 fully saturated rings. The minimum atomic E-state index is -0.837. The molecule has 0 spiro atoms. The SMILES string of the molecule is Cc1c(C(=O)O)cc(-c2cc(C(C)(C)C)cc(C(C)(C)C)c2)n1C(C)C1CCCCC1. The van der Waals surface area contributed by atoms with Crippen LogP contribution in [0.5, 0.6) is 0 Å². The van der Waals surface area contributed by atoms with Gasteiger partial charge in [0.05, 0.1) is 5.56 Å². The molecule has 1 N–H and O–H groups in total. The molecule has 0 bridgehead atoms. The number of aromatic nitrogens is 1. The summed E-state index contributed by atoms with van der Waals surface area (Å²) < 4.78 is 2.33. The van der Waals surface area contributed by atoms with Crippen LogP contribution in [-0.4, -0.2) is 15.6 Å². The lowest BCUT2D eigenvalue weighted by Gasteiger charge is -2.32. The first kappa shape index (κ1) is 23.6. The third-order valence-corrected chi connectivity index (χ3v) is 7.22. The second kappa shape index (κ2) is 8.48. The van der Waals surface area contributed by atoms with E-state index < -0.39 is 5.97 Å². The van der Waals surface area contributed by atoms with Gasteiger partial charge in [-0.05, 0) is 78.3 Å². The van der Waals surface area contributed by atoms with Crippen LogP contribution in [0.2, 0.25) is 0 Å². The number of nitrogens with zero attached hydrogens (tertiary/aromatic N) is 1. The second-order valence-corrected chi connectivity index (χ2v) is 11.6. The minimum Gasteiger partial charge on any atom is -0.478 e. The summed E-state index contributed by atoms with van der Waals surface area (Å²) >= 11 is 0. The molecule has 3 rings (SSSR count). The summed E-state index contributed by atoms with van der Waals surface area (Å²) in [4.78, 5) is 12.1. The monoisotopic (exact) mass is 423 g/mol. The van der Waals surface area contributed by atoms with Gasteiger partial charge in [-0.3, -0.25) is 0 Å². The lowest BCUT2D eigenvalue weighted by atomic mass is 9.79. The van der Waals surface area contributed by atoms with Gasteiger partial charge in [0.15, 0.2) is 0 Å². The molecular weight excluding hydrogens is 382 g/mol. The zero-order valence-electron chi connectivity index (χ0n) is 20.8. The molecule has 170 valence electrons. The first-order valence-corrected chi connectivity index (χ1v) is 11.9. The summed E-state index contributed by atoms with van der Waals surface area (Å²) in [6, 6.07) is 9.08. The van der Waals surface area contributed by atoms with Crippen molar-refractivity contribution in [2.45, 2.75) is 104 Å². The zero-order valence-corrected chi connectivity index (χ0v) is 20.8. The molecule has 1 aliphatic rings. The van der Waals surface area contributed by atoms with Gasteiger partial charge in [-0.2, -0.15) is 0 Å². The fourth-order valence-electron chi connectivity index (χ4n) is 5.05. The van der Waals surface area contributed by atoms with E-state index in [1.165, 1.54) is 43.2 Å². The number of carbonyl (C=O) groups is 1. The standard InChI is InChI=1S/C28H41NO2/c1-18(20-12-10-9-11-13-20)29-19(2)24(26(30)31)17-25(29)21-14-22(27(3,4)5)16-23(15-21)28(6,7)8/h14-18,20H,9-13H2,1-8H3,(H,30,31). The maximum atomic E-state index is 12.1. The van der Waals surface area contributed by atoms with Crippen molar-refractivity contribution in [3.63, 3.8) is 0 Å². The maximum Gasteiger partial charge on any atom is 0.337 e. The van der Waals surface area contributed by atoms with E-state index in [9.17, 15) is 9.90 Å². The highest BCUT2D eigenvalue weighted by molar-refractivity contribution is 5.91. The Kier molecular flexibility index (Phi) is 6.47. The summed E-state index contributed by atoms with van der Waals surface area (Å²) in [6.07, 6.45) is 6.35. The van der Waals surface area contributed by atoms with E-state index in [0.717, 1.165) is 17.0 Å². The van der Waals surface area contributed by atoms with Gasteiger partial charge in [-0.15, -0.1) is 0 Å². The van der Waals surface area contributed by atoms with Gasteiger partial charge in [-0.25, -0.2) is 4.79 Å². The first-order chi connectivity index (χ1) is 14.3. The van der Waals surface area contributed by atoms with Crippen molar-refractivity contribution in [3.8, 4) is 11.3 Å². The smallest absolute Gasteiger partial charge is 0.337 e. The Morgan fingerprint density at radius 3 is 1.90 bits per heavy atom. The fourth-order valence-corrected chi connectivity index (χ4v) is 5.05. The molecule has 1 aliphatic carbocycles. The van der Waals surface area contributed by atoms with Crippen molar-refractivity contribution in [1.29, 1.82) is 0 Å². The molecule has 31 heavy (non-hydrogen) atoms. The number of rotatable bonds is 4. The number of benzene rings is 1. The van der Waals surface area contributed by atoms with Crippen molar-refractivity contribution in [3.05, 3.63) is 46.6 Å². The van der Waals surface area contributed by atoms with Crippen LogP contribution in [0.4, 0.5) is 0 Å². The van der Waals surface area contributed by atoms with Gasteiger partial charge in [0.2, 0.25) is 0 Å². The van der Waals surface area contributed by atoms with Crippen LogP contribution < -0.4 is 0 Å². The largest absolute Gasteiger partial charge is 0.478 e. The van der Waals surface area contributed by atoms with Crippen LogP contribution in [0, 0.1) is 12.8 Å². The normalized spacial score (nSPS) is 17.0. The zero-order chi connectivity index (χ0) is 23.1. The van der Waals surface area contributed by atoms with Crippen molar-refractivity contribution >= 4 is 5.97 Å². The highest BCUT2D eigenvalue weighted by Crippen LogP contribution is 2.40. The van der Waals surface area contributed by atoms with E-state index in [-0.39, 0.29) is 10.8 Å². The molecule has 0 aliphatic heterocycles. The molecule has 1 atom stereocenters. The maximum absolute atomic E-state index is 12.1. The van der Waals surface area contributed by atoms with Gasteiger partial charge in [0, 0.05) is 17.4 Å². The molecule has 0 radical (unpaired) electrons. The summed E-state index contributed by atoms with van der Waals surface area (Å²) in [6.45, 7) is 17.7. The molecule has 1 unspecified atom stereocenters. The quantitative estimate of drug-likeness (QED) is 0.543. The highest BCUT2D eigenvalue weighted by Gasteiger charge is 2.28. The predicted molar refractivity (Wildman–Crippen MR) is 130 cm³/mol. The van der Waals surface area contributed by atoms with Crippen molar-refractivity contribution in [2.24, 2.45) is 5.92 Å². The number of hydrogen-bond donors (Lipinski definition) is 1. The molecule has 1 saturated carbocycles. The molecule has 0 saturated heterocycles. The lowest BCUT2D eigenvalue weighted by Crippen LogP contribution is -2.21. The molecule has 1 heterocycles. The van der Waals surface area contributed by atoms with Crippen LogP contribution in [-0.2, 0) is 10.8 Å². The van der Waals surface area contributed by atoms with Crippen molar-refractivity contribution in [1.82, 2.24) is 4.57 Å². The van der Waals surface area contributed by atoms with E-state index >= 15 is 0 Å². The Balaban J connectivity index is 2.24. The van der Waals surface area contributed by atoms with E-state index in [2.05, 4.69) is 71.2 Å². The minimum absolute atomic E-state index is 0.0209. The van der Waals surface area contributed by atoms with Crippen LogP contribution >= 0.6 is 0 Å². The van der Waals surface area contributed by atoms with Crippen molar-refractivity contribution < 1.29 is 9.90 Å². The van der Waals surface area contributed by atoms with Crippen LogP contribution in [0.25, 0.3) is 11.3 Å². The lowest BCUT2D eigenvalue weighted by molar-refractivity contribution is 0.0695. The number of hydrogen-bond acceptors (Lipinski definition) is 1. The molecule has 1 aromatic heterocycles. The number of aromatic carboxylic acids is 1. The fraction of sp³-hybridized carbons (Fsp3) is 0.607. The first-order valence-electron chi connectivity index (χ1n) is 11.9. The summed E-state index contributed by atoms with van der Waals surface area (Å²) in [5.41, 5.74) is 6.11. The molecule has 2 aromatic rings. The van der Waals surface area contributed by atoms with Gasteiger partial charge >= 0.3 is 5.97 Å². The van der Waals surface area contributed by atoms with Gasteiger partial charge in [0.25, 0.3) is 0 Å². The Labute approximate surface area is 188 Å². The Bertz CT molecular complexity index is 914. The molecule has 3 heteroatoms. The van der Waals surface area contributed by atoms with Gasteiger partial charge in [-0.1, -0.05) is 66.9 Å². The topological polar surface area (TPSA) is 42.2 Å². The van der Waals surface area contributed by atoms with E-state index in [4.69, 9.17) is 0 Å². The molecule has 0 amide bonds. The predicted octanol–water partition coefficient (Wildman–Crippen LogP) is 7.90. The summed E-state index contributed by atoms with van der Waals surface area (Å²) in [5.74, 6) is -0.232. The van der Waals surface area contributed by atoms with Gasteiger partial charge in [0.1, 0.15) is 0 Å². The van der Waals surface area contributed by atoms with Gasteiger partial charge < -0.3 is 9.67 Å². The van der Waals surface area contributed by atoms with Crippen LogP contribution in [0.1, 0.15) is 114 Å². The Morgan fingerprint density at radius 1 is 0.935 bits per heavy atom. The van der Waals surface area contributed by atoms with Crippen LogP contribution in [0.3, 0.4) is 0 Å². The highest BCUT2D eigenvalue weighted by atomic mass is 16.4. The third kappa shape index (κ3) is 4.91. The Morgan fingerprint density at radius 2 is 1.45 bits per heavy atom. The van der Waals surface area contributed by atoms with Crippen LogP contribution in [0.15, 0.2) is 24.3 Å². The van der Waals surface area contributed by atoms with E-state index in [1.807, 2.05) is 13.0 Å². The van der Waals surface area contributed by atoms with Crippen molar-refractivity contribution in [2.75, 3.05) is 0 Å². The molecular formula is C28H41NO2. The Hall–Kier alpha value is -2.03. The molecule has 3 nitrogen and oxygen atoms in total. The average molecular weight is 424 g/mol. The van der Waals surface area contributed by atoms with E-state index in [0.29, 0.717) is 17.5 Å². The van der Waals surface area contributed by atoms with E-state index in [1.54, 1.807) is 0 Å². The number of carboxylic acids is 1. The number of carboxylic acid groups (broad SMARTS) is 1. The summed E-state index contributed by atoms with van der Waals surface area (Å²) in [5, 5.41) is 9.90. The molecule has 1 aromatic carbocycles. The third-order valence-electron chi connectivity index (χ3n) is 7.22. The summed E-state index contributed by atoms with van der Waals surface area (Å²) in [7, 11) is 0.